The fourth-order valence-corrected chi connectivity index (χ4v) is 11.8. The Morgan fingerprint density at radius 1 is 0.456 bits per heavy atom. The molecular weight excluding hydrogens is 1580 g/mol. The summed E-state index contributed by atoms with van der Waals surface area (Å²) in [5.74, 6) is 4.14. The Bertz CT molecular complexity index is 5320. The summed E-state index contributed by atoms with van der Waals surface area (Å²) in [4.78, 5) is 32.7. The first kappa shape index (κ1) is 73.8. The minimum absolute atomic E-state index is 0. The summed E-state index contributed by atoms with van der Waals surface area (Å²) >= 11 is 0. The van der Waals surface area contributed by atoms with Gasteiger partial charge in [-0.25, -0.2) is 24.1 Å². The molecule has 0 aliphatic carbocycles. The SMILES string of the molecule is Cc1nc2c(-c3cc(C(C)(C)C)ccn3)[c-]c(Oc3[c-]c(-[n+]4[c-]n(C)cc4)ccc3)cn2c1C.Cc1nc2c(-c3cc(C(C)(C)C)ccn3)cc(Oc3cccc(-n4cc[n+](C)c4)c3)cn2c1C.Cc1nc2c(-c3cc(C(C)(C)C)ccn3)cc(Oc3cccc(-n4ccnc4)c3)cn2c1C.[I-].[Pt]. The minimum atomic E-state index is 0. The van der Waals surface area contributed by atoms with Crippen LogP contribution in [-0.2, 0) is 51.4 Å². The van der Waals surface area contributed by atoms with Crippen molar-refractivity contribution in [3.05, 3.63) is 272 Å². The van der Waals surface area contributed by atoms with Gasteiger partial charge in [-0.3, -0.25) is 23.8 Å². The standard InChI is InChI=1S/C28H30N5O.C28H27N5O.C27H27N5O.HI.Pt/c2*1-19-20(2)33-17-24(34-23-9-7-8-22(15-23)32-13-12-31(6)18-32)16-25(27(33)30-19)26-14-21(10-11-29-26)28(3,4)5;1-18-19(2)32-16-23(33-22-8-6-7-21(14-22)31-12-11-28-17-31)15-24(26(32)30-18)25-13-20(9-10-29-25)27(3,4)5;;/h7-18H,1-6H3;7-14,17H,1-6H3;6-17H,1-5H3;1H;/q+1;-2;;;/p-1. The fourth-order valence-electron chi connectivity index (χ4n) is 11.8. The molecule has 20 heteroatoms. The van der Waals surface area contributed by atoms with Crippen LogP contribution in [0.1, 0.15) is 113 Å². The maximum Gasteiger partial charge on any atom is 0.248 e. The zero-order chi connectivity index (χ0) is 71.2. The Hall–Kier alpha value is -10.4. The van der Waals surface area contributed by atoms with Crippen LogP contribution in [0.4, 0.5) is 0 Å². The van der Waals surface area contributed by atoms with Crippen LogP contribution in [0.15, 0.2) is 202 Å². The number of fused-ring (bicyclic) bond motifs is 3. The summed E-state index contributed by atoms with van der Waals surface area (Å²) in [6.07, 6.45) is 30.1. The number of rotatable bonds is 12. The third-order valence-corrected chi connectivity index (χ3v) is 18.0. The number of hydrogen-bond acceptors (Lipinski definition) is 10. The molecule has 0 atom stereocenters. The number of pyridine rings is 6. The van der Waals surface area contributed by atoms with E-state index in [0.717, 1.165) is 125 Å². The maximum absolute atomic E-state index is 6.38. The number of nitrogens with zero attached hydrogens (tertiary/aromatic N) is 15. The van der Waals surface area contributed by atoms with Gasteiger partial charge in [0.15, 0.2) is 0 Å². The van der Waals surface area contributed by atoms with E-state index in [2.05, 4.69) is 172 Å². The van der Waals surface area contributed by atoms with E-state index in [4.69, 9.17) is 34.1 Å². The summed E-state index contributed by atoms with van der Waals surface area (Å²) in [7, 11) is 3.94. The van der Waals surface area contributed by atoms with Crippen LogP contribution in [0.5, 0.6) is 34.5 Å². The van der Waals surface area contributed by atoms with Crippen molar-refractivity contribution in [3.63, 3.8) is 0 Å². The Morgan fingerprint density at radius 3 is 1.42 bits per heavy atom. The summed E-state index contributed by atoms with van der Waals surface area (Å²) in [5, 5.41) is 0. The molecule has 0 fully saturated rings. The van der Waals surface area contributed by atoms with Gasteiger partial charge in [-0.2, -0.15) is 12.1 Å². The van der Waals surface area contributed by atoms with Crippen molar-refractivity contribution < 1.29 is 68.4 Å². The molecule has 103 heavy (non-hydrogen) atoms. The first-order valence-corrected chi connectivity index (χ1v) is 33.7. The molecule has 12 heterocycles. The Labute approximate surface area is 633 Å². The van der Waals surface area contributed by atoms with Crippen molar-refractivity contribution in [2.75, 3.05) is 0 Å². The molecule has 0 amide bonds. The van der Waals surface area contributed by atoms with E-state index < -0.39 is 0 Å². The number of aryl methyl sites for hydroxylation is 8. The van der Waals surface area contributed by atoms with Gasteiger partial charge < -0.3 is 61.3 Å². The molecule has 0 radical (unpaired) electrons. The summed E-state index contributed by atoms with van der Waals surface area (Å²) in [6, 6.07) is 45.3. The van der Waals surface area contributed by atoms with Gasteiger partial charge in [0.2, 0.25) is 12.7 Å². The van der Waals surface area contributed by atoms with E-state index in [-0.39, 0.29) is 61.3 Å². The average molecular weight is 1660 g/mol. The first-order valence-electron chi connectivity index (χ1n) is 33.7. The van der Waals surface area contributed by atoms with Crippen LogP contribution in [0.25, 0.3) is 67.8 Å². The normalized spacial score (nSPS) is 11.6. The molecule has 3 aromatic carbocycles. The van der Waals surface area contributed by atoms with Crippen molar-refractivity contribution in [2.45, 2.75) is 120 Å². The predicted octanol–water partition coefficient (Wildman–Crippen LogP) is 14.1. The maximum atomic E-state index is 6.38. The first-order chi connectivity index (χ1) is 48.2. The topological polar surface area (TPSA) is 154 Å². The summed E-state index contributed by atoms with van der Waals surface area (Å²) in [5.41, 5.74) is 20.6. The number of ether oxygens (including phenoxy) is 3. The summed E-state index contributed by atoms with van der Waals surface area (Å²) in [6.45, 7) is 32.1. The third kappa shape index (κ3) is 16.3. The molecule has 0 aliphatic heterocycles. The van der Waals surface area contributed by atoms with Gasteiger partial charge >= 0.3 is 0 Å². The molecule has 0 saturated heterocycles. The number of imidazole rings is 6. The van der Waals surface area contributed by atoms with E-state index in [1.54, 1.807) is 12.5 Å². The van der Waals surface area contributed by atoms with Gasteiger partial charge in [-0.05, 0) is 153 Å². The van der Waals surface area contributed by atoms with Crippen LogP contribution in [0.2, 0.25) is 0 Å². The zero-order valence-electron chi connectivity index (χ0n) is 61.2. The van der Waals surface area contributed by atoms with Crippen molar-refractivity contribution in [3.8, 4) is 85.3 Å². The number of aromatic nitrogens is 15. The number of halogens is 1. The quantitative estimate of drug-likeness (QED) is 0.0656. The van der Waals surface area contributed by atoms with Crippen LogP contribution in [0.3, 0.4) is 0 Å². The van der Waals surface area contributed by atoms with Crippen molar-refractivity contribution in [1.29, 1.82) is 0 Å². The molecule has 0 bridgehead atoms. The Balaban J connectivity index is 0.000000153. The molecule has 0 unspecified atom stereocenters. The molecule has 0 N–H and O–H groups in total. The smallest absolute Gasteiger partial charge is 0.248 e. The summed E-state index contributed by atoms with van der Waals surface area (Å²) < 4.78 is 35.0. The second kappa shape index (κ2) is 29.9. The van der Waals surface area contributed by atoms with Crippen molar-refractivity contribution in [1.82, 2.24) is 61.8 Å². The second-order valence-corrected chi connectivity index (χ2v) is 28.7. The number of benzene rings is 3. The van der Waals surface area contributed by atoms with Crippen LogP contribution < -0.4 is 47.3 Å². The predicted molar refractivity (Wildman–Crippen MR) is 394 cm³/mol. The molecule has 15 aromatic rings. The second-order valence-electron chi connectivity index (χ2n) is 28.7. The van der Waals surface area contributed by atoms with Crippen molar-refractivity contribution in [2.24, 2.45) is 14.1 Å². The monoisotopic (exact) mass is 1660 g/mol. The number of hydrogen-bond donors (Lipinski definition) is 0. The van der Waals surface area contributed by atoms with Crippen LogP contribution >= 0.6 is 0 Å². The molecule has 0 aliphatic rings. The fraction of sp³-hybridized carbons (Fsp3) is 0.241. The zero-order valence-corrected chi connectivity index (χ0v) is 65.6. The van der Waals surface area contributed by atoms with Crippen LogP contribution in [-0.4, -0.2) is 61.8 Å². The average Bonchev–Trinajstić information content (AvgIpc) is 1.66. The third-order valence-electron chi connectivity index (χ3n) is 18.0. The van der Waals surface area contributed by atoms with E-state index in [1.165, 1.54) is 16.7 Å². The van der Waals surface area contributed by atoms with E-state index in [0.29, 0.717) is 11.5 Å². The van der Waals surface area contributed by atoms with Gasteiger partial charge in [0.1, 0.15) is 52.4 Å². The van der Waals surface area contributed by atoms with Crippen molar-refractivity contribution >= 4 is 16.9 Å². The Kier molecular flexibility index (Phi) is 21.4. The van der Waals surface area contributed by atoms with Gasteiger partial charge in [0, 0.05) is 116 Å². The minimum Gasteiger partial charge on any atom is -1.00 e. The molecular formula is C83H84IN15O3Pt-2. The van der Waals surface area contributed by atoms with E-state index >= 15 is 0 Å². The molecule has 18 nitrogen and oxygen atoms in total. The van der Waals surface area contributed by atoms with E-state index in [1.807, 2.05) is 205 Å². The van der Waals surface area contributed by atoms with E-state index in [9.17, 15) is 0 Å². The molecule has 15 rings (SSSR count). The Morgan fingerprint density at radius 2 is 0.942 bits per heavy atom. The molecule has 528 valence electrons. The van der Waals surface area contributed by atoms with Gasteiger partial charge in [-0.15, -0.1) is 12.1 Å². The van der Waals surface area contributed by atoms with Crippen LogP contribution in [0, 0.1) is 60.0 Å². The molecule has 0 saturated carbocycles. The molecule has 12 aromatic heterocycles. The van der Waals surface area contributed by atoms with Gasteiger partial charge in [-0.1, -0.05) is 97.8 Å². The molecule has 0 spiro atoms. The largest absolute Gasteiger partial charge is 1.00 e. The van der Waals surface area contributed by atoms with Gasteiger partial charge in [0.05, 0.1) is 72.7 Å². The van der Waals surface area contributed by atoms with Gasteiger partial charge in [0.25, 0.3) is 0 Å².